The minimum atomic E-state index is -0.280. The summed E-state index contributed by atoms with van der Waals surface area (Å²) in [6.07, 6.45) is 1.30. The van der Waals surface area contributed by atoms with Crippen molar-refractivity contribution < 1.29 is 24.4 Å². The number of hydrogen-bond donors (Lipinski definition) is 2. The molecule has 0 fully saturated rings. The molecule has 0 aromatic heterocycles. The largest absolute Gasteiger partial charge is 0.507 e. The van der Waals surface area contributed by atoms with E-state index in [0.29, 0.717) is 22.8 Å². The van der Waals surface area contributed by atoms with Crippen molar-refractivity contribution in [2.75, 3.05) is 6.79 Å². The number of benzene rings is 2. The van der Waals surface area contributed by atoms with E-state index in [0.717, 1.165) is 29.5 Å². The fourth-order valence-electron chi connectivity index (χ4n) is 3.30. The fourth-order valence-corrected chi connectivity index (χ4v) is 3.30. The van der Waals surface area contributed by atoms with Gasteiger partial charge in [0.2, 0.25) is 6.79 Å². The molecule has 0 bridgehead atoms. The maximum atomic E-state index is 10.3. The molecule has 0 aliphatic carbocycles. The third-order valence-corrected chi connectivity index (χ3v) is 4.56. The number of hydrogen-bond acceptors (Lipinski definition) is 5. The van der Waals surface area contributed by atoms with Gasteiger partial charge < -0.3 is 24.4 Å². The Morgan fingerprint density at radius 2 is 1.78 bits per heavy atom. The Morgan fingerprint density at radius 1 is 1.04 bits per heavy atom. The SMILES string of the molecule is Cc1cc2c(c(C)c1O)OC(c1cc3c(cc1O)OCO3)CC2. The van der Waals surface area contributed by atoms with E-state index in [-0.39, 0.29) is 24.4 Å². The molecule has 0 amide bonds. The Kier molecular flexibility index (Phi) is 3.04. The standard InChI is InChI=1S/C18H18O5/c1-9-5-11-3-4-14(23-18(11)10(2)17(9)20)12-6-15-16(7-13(12)19)22-8-21-15/h5-7,14,19-20H,3-4,8H2,1-2H3. The van der Waals surface area contributed by atoms with Crippen LogP contribution in [0.4, 0.5) is 0 Å². The van der Waals surface area contributed by atoms with Gasteiger partial charge in [-0.25, -0.2) is 0 Å². The van der Waals surface area contributed by atoms with Gasteiger partial charge in [-0.15, -0.1) is 0 Å². The molecule has 0 saturated carbocycles. The zero-order valence-corrected chi connectivity index (χ0v) is 13.0. The number of rotatable bonds is 1. The summed E-state index contributed by atoms with van der Waals surface area (Å²) >= 11 is 0. The van der Waals surface area contributed by atoms with E-state index < -0.39 is 0 Å². The molecule has 0 spiro atoms. The molecule has 2 aliphatic rings. The molecule has 0 saturated heterocycles. The van der Waals surface area contributed by atoms with Gasteiger partial charge >= 0.3 is 0 Å². The lowest BCUT2D eigenvalue weighted by Gasteiger charge is -2.29. The molecule has 2 heterocycles. The van der Waals surface area contributed by atoms with Crippen LogP contribution in [-0.2, 0) is 6.42 Å². The van der Waals surface area contributed by atoms with Gasteiger partial charge in [-0.2, -0.15) is 0 Å². The lowest BCUT2D eigenvalue weighted by Crippen LogP contribution is -2.16. The highest BCUT2D eigenvalue weighted by Crippen LogP contribution is 2.46. The zero-order chi connectivity index (χ0) is 16.1. The summed E-state index contributed by atoms with van der Waals surface area (Å²) in [5.74, 6) is 2.28. The van der Waals surface area contributed by atoms with Crippen LogP contribution in [0, 0.1) is 13.8 Å². The molecule has 4 rings (SSSR count). The molecule has 2 N–H and O–H groups in total. The van der Waals surface area contributed by atoms with Crippen molar-refractivity contribution in [1.82, 2.24) is 0 Å². The monoisotopic (exact) mass is 314 g/mol. The molecular formula is C18H18O5. The Labute approximate surface area is 134 Å². The molecule has 5 nitrogen and oxygen atoms in total. The van der Waals surface area contributed by atoms with Crippen molar-refractivity contribution in [2.24, 2.45) is 0 Å². The predicted octanol–water partition coefficient (Wildman–Crippen LogP) is 3.51. The van der Waals surface area contributed by atoms with Crippen LogP contribution in [0.3, 0.4) is 0 Å². The van der Waals surface area contributed by atoms with Crippen LogP contribution >= 0.6 is 0 Å². The summed E-state index contributed by atoms with van der Waals surface area (Å²) in [6, 6.07) is 5.31. The van der Waals surface area contributed by atoms with Crippen molar-refractivity contribution >= 4 is 0 Å². The van der Waals surface area contributed by atoms with Crippen molar-refractivity contribution in [3.8, 4) is 28.7 Å². The smallest absolute Gasteiger partial charge is 0.231 e. The fraction of sp³-hybridized carbons (Fsp3) is 0.333. The van der Waals surface area contributed by atoms with E-state index in [2.05, 4.69) is 0 Å². The van der Waals surface area contributed by atoms with Crippen molar-refractivity contribution in [2.45, 2.75) is 32.8 Å². The first-order valence-electron chi connectivity index (χ1n) is 7.66. The Hall–Kier alpha value is -2.56. The number of fused-ring (bicyclic) bond motifs is 2. The summed E-state index contributed by atoms with van der Waals surface area (Å²) < 4.78 is 16.8. The Balaban J connectivity index is 1.73. The topological polar surface area (TPSA) is 68.2 Å². The average molecular weight is 314 g/mol. The second-order valence-electron chi connectivity index (χ2n) is 6.06. The maximum Gasteiger partial charge on any atom is 0.231 e. The first kappa shape index (κ1) is 14.1. The van der Waals surface area contributed by atoms with Gasteiger partial charge in [0, 0.05) is 17.2 Å². The maximum absolute atomic E-state index is 10.3. The molecule has 1 atom stereocenters. The van der Waals surface area contributed by atoms with Crippen LogP contribution in [-0.4, -0.2) is 17.0 Å². The van der Waals surface area contributed by atoms with Crippen LogP contribution < -0.4 is 14.2 Å². The number of phenolic OH excluding ortho intramolecular Hbond substituents is 2. The molecule has 5 heteroatoms. The summed E-state index contributed by atoms with van der Waals surface area (Å²) in [5, 5.41) is 20.4. The quantitative estimate of drug-likeness (QED) is 0.843. The Bertz CT molecular complexity index is 797. The molecule has 23 heavy (non-hydrogen) atoms. The van der Waals surface area contributed by atoms with Crippen LogP contribution in [0.15, 0.2) is 18.2 Å². The normalized spacial score (nSPS) is 18.4. The van der Waals surface area contributed by atoms with Crippen LogP contribution in [0.2, 0.25) is 0 Å². The van der Waals surface area contributed by atoms with Gasteiger partial charge in [0.05, 0.1) is 0 Å². The molecule has 120 valence electrons. The molecule has 1 unspecified atom stereocenters. The summed E-state index contributed by atoms with van der Waals surface area (Å²) in [6.45, 7) is 3.90. The van der Waals surface area contributed by atoms with E-state index in [1.807, 2.05) is 19.9 Å². The number of phenols is 2. The molecule has 2 aliphatic heterocycles. The Morgan fingerprint density at radius 3 is 2.57 bits per heavy atom. The molecular weight excluding hydrogens is 296 g/mol. The van der Waals surface area contributed by atoms with E-state index in [4.69, 9.17) is 14.2 Å². The highest BCUT2D eigenvalue weighted by atomic mass is 16.7. The summed E-state index contributed by atoms with van der Waals surface area (Å²) in [7, 11) is 0. The third kappa shape index (κ3) is 2.15. The van der Waals surface area contributed by atoms with Crippen LogP contribution in [0.5, 0.6) is 28.7 Å². The van der Waals surface area contributed by atoms with Gasteiger partial charge in [0.1, 0.15) is 23.4 Å². The van der Waals surface area contributed by atoms with Crippen molar-refractivity contribution in [1.29, 1.82) is 0 Å². The minimum absolute atomic E-state index is 0.136. The van der Waals surface area contributed by atoms with Gasteiger partial charge in [0.15, 0.2) is 11.5 Å². The zero-order valence-electron chi connectivity index (χ0n) is 13.0. The van der Waals surface area contributed by atoms with Crippen LogP contribution in [0.1, 0.15) is 34.8 Å². The molecule has 0 radical (unpaired) electrons. The van der Waals surface area contributed by atoms with Gasteiger partial charge in [-0.05, 0) is 49.9 Å². The predicted molar refractivity (Wildman–Crippen MR) is 83.5 cm³/mol. The van der Waals surface area contributed by atoms with Crippen LogP contribution in [0.25, 0.3) is 0 Å². The lowest BCUT2D eigenvalue weighted by molar-refractivity contribution is 0.168. The van der Waals surface area contributed by atoms with Crippen molar-refractivity contribution in [3.05, 3.63) is 40.5 Å². The highest BCUT2D eigenvalue weighted by Gasteiger charge is 2.28. The number of ether oxygens (including phenoxy) is 3. The highest BCUT2D eigenvalue weighted by molar-refractivity contribution is 5.56. The van der Waals surface area contributed by atoms with E-state index in [1.165, 1.54) is 0 Å². The molecule has 2 aromatic carbocycles. The first-order chi connectivity index (χ1) is 11.0. The lowest BCUT2D eigenvalue weighted by atomic mass is 9.93. The van der Waals surface area contributed by atoms with Gasteiger partial charge in [-0.1, -0.05) is 0 Å². The van der Waals surface area contributed by atoms with E-state index >= 15 is 0 Å². The molecule has 2 aromatic rings. The minimum Gasteiger partial charge on any atom is -0.507 e. The van der Waals surface area contributed by atoms with E-state index in [1.54, 1.807) is 12.1 Å². The second kappa shape index (κ2) is 4.98. The number of aromatic hydroxyl groups is 2. The van der Waals surface area contributed by atoms with Gasteiger partial charge in [0.25, 0.3) is 0 Å². The average Bonchev–Trinajstić information content (AvgIpc) is 2.99. The van der Waals surface area contributed by atoms with E-state index in [9.17, 15) is 10.2 Å². The second-order valence-corrected chi connectivity index (χ2v) is 6.06. The summed E-state index contributed by atoms with van der Waals surface area (Å²) in [5.41, 5.74) is 3.37. The first-order valence-corrected chi connectivity index (χ1v) is 7.66. The number of aryl methyl sites for hydroxylation is 2. The van der Waals surface area contributed by atoms with Gasteiger partial charge in [-0.3, -0.25) is 0 Å². The third-order valence-electron chi connectivity index (χ3n) is 4.56. The van der Waals surface area contributed by atoms with Crippen molar-refractivity contribution in [3.63, 3.8) is 0 Å². The summed E-state index contributed by atoms with van der Waals surface area (Å²) in [4.78, 5) is 0.